The van der Waals surface area contributed by atoms with Gasteiger partial charge in [0.15, 0.2) is 0 Å². The van der Waals surface area contributed by atoms with Crippen LogP contribution in [0.25, 0.3) is 0 Å². The van der Waals surface area contributed by atoms with Crippen molar-refractivity contribution in [2.24, 2.45) is 0 Å². The third-order valence-electron chi connectivity index (χ3n) is 2.43. The second-order valence-electron chi connectivity index (χ2n) is 4.27. The molecule has 0 aliphatic rings. The second-order valence-corrected chi connectivity index (χ2v) is 4.27. The molecule has 0 unspecified atom stereocenters. The van der Waals surface area contributed by atoms with E-state index in [1.54, 1.807) is 19.4 Å². The van der Waals surface area contributed by atoms with Crippen LogP contribution in [0.2, 0.25) is 0 Å². The van der Waals surface area contributed by atoms with Crippen LogP contribution in [0.15, 0.2) is 18.5 Å². The van der Waals surface area contributed by atoms with E-state index in [1.807, 2.05) is 17.8 Å². The molecule has 0 fully saturated rings. The highest BCUT2D eigenvalue weighted by Crippen LogP contribution is 2.18. The van der Waals surface area contributed by atoms with E-state index in [0.29, 0.717) is 23.6 Å². The van der Waals surface area contributed by atoms with Gasteiger partial charge in [-0.25, -0.2) is 4.98 Å². The molecule has 96 valence electrons. The summed E-state index contributed by atoms with van der Waals surface area (Å²) in [5, 5.41) is 7.44. The van der Waals surface area contributed by atoms with E-state index < -0.39 is 0 Å². The monoisotopic (exact) mass is 247 g/mol. The first-order chi connectivity index (χ1) is 8.58. The van der Waals surface area contributed by atoms with E-state index in [1.165, 1.54) is 0 Å². The molecule has 0 saturated heterocycles. The average molecular weight is 247 g/mol. The van der Waals surface area contributed by atoms with Crippen LogP contribution in [0.3, 0.4) is 0 Å². The molecule has 2 rings (SSSR count). The van der Waals surface area contributed by atoms with Crippen molar-refractivity contribution in [3.8, 4) is 5.88 Å². The zero-order valence-electron chi connectivity index (χ0n) is 11.0. The number of aromatic nitrogens is 4. The van der Waals surface area contributed by atoms with Crippen molar-refractivity contribution in [3.05, 3.63) is 24.3 Å². The predicted molar refractivity (Wildman–Crippen MR) is 69.2 cm³/mol. The maximum absolute atomic E-state index is 5.10. The molecular formula is C12H17N5O. The second kappa shape index (κ2) is 5.03. The molecule has 0 amide bonds. The van der Waals surface area contributed by atoms with Crippen LogP contribution in [0, 0.1) is 6.92 Å². The molecule has 1 N–H and O–H groups in total. The minimum atomic E-state index is 0.335. The van der Waals surface area contributed by atoms with E-state index >= 15 is 0 Å². The Morgan fingerprint density at radius 1 is 1.33 bits per heavy atom. The number of hydrogen-bond donors (Lipinski definition) is 1. The Balaban J connectivity index is 2.19. The lowest BCUT2D eigenvalue weighted by molar-refractivity contribution is 0.396. The van der Waals surface area contributed by atoms with Crippen molar-refractivity contribution < 1.29 is 4.74 Å². The summed E-state index contributed by atoms with van der Waals surface area (Å²) < 4.78 is 6.99. The number of methoxy groups -OCH3 is 1. The van der Waals surface area contributed by atoms with Gasteiger partial charge in [-0.05, 0) is 20.8 Å². The standard InChI is InChI=1S/C12H17N5O/c1-8(2)17-7-10(6-13-17)16-11-5-12(18-4)15-9(3)14-11/h5-8H,1-4H3,(H,14,15,16). The smallest absolute Gasteiger partial charge is 0.218 e. The van der Waals surface area contributed by atoms with E-state index in [2.05, 4.69) is 34.2 Å². The van der Waals surface area contributed by atoms with Crippen molar-refractivity contribution in [3.63, 3.8) is 0 Å². The molecule has 0 atom stereocenters. The fourth-order valence-corrected chi connectivity index (χ4v) is 1.54. The minimum Gasteiger partial charge on any atom is -0.481 e. The summed E-state index contributed by atoms with van der Waals surface area (Å²) in [6.07, 6.45) is 3.71. The molecule has 0 bridgehead atoms. The first kappa shape index (κ1) is 12.3. The lowest BCUT2D eigenvalue weighted by Crippen LogP contribution is -2.00. The molecule has 0 aliphatic heterocycles. The van der Waals surface area contributed by atoms with Gasteiger partial charge in [0.05, 0.1) is 19.0 Å². The zero-order chi connectivity index (χ0) is 13.1. The highest BCUT2D eigenvalue weighted by atomic mass is 16.5. The summed E-state index contributed by atoms with van der Waals surface area (Å²) in [7, 11) is 1.59. The molecular weight excluding hydrogens is 230 g/mol. The van der Waals surface area contributed by atoms with E-state index in [-0.39, 0.29) is 0 Å². The van der Waals surface area contributed by atoms with Gasteiger partial charge >= 0.3 is 0 Å². The summed E-state index contributed by atoms with van der Waals surface area (Å²) in [5.41, 5.74) is 0.892. The van der Waals surface area contributed by atoms with Crippen LogP contribution < -0.4 is 10.1 Å². The fourth-order valence-electron chi connectivity index (χ4n) is 1.54. The predicted octanol–water partition coefficient (Wildman–Crippen LogP) is 2.31. The van der Waals surface area contributed by atoms with E-state index in [4.69, 9.17) is 4.74 Å². The molecule has 2 aromatic heterocycles. The van der Waals surface area contributed by atoms with Gasteiger partial charge in [-0.15, -0.1) is 0 Å². The molecule has 2 heterocycles. The topological polar surface area (TPSA) is 64.9 Å². The first-order valence-corrected chi connectivity index (χ1v) is 5.79. The highest BCUT2D eigenvalue weighted by molar-refractivity contribution is 5.54. The summed E-state index contributed by atoms with van der Waals surface area (Å²) in [4.78, 5) is 8.43. The number of ether oxygens (including phenoxy) is 1. The average Bonchev–Trinajstić information content (AvgIpc) is 2.76. The number of nitrogens with one attached hydrogen (secondary N) is 1. The minimum absolute atomic E-state index is 0.335. The molecule has 0 radical (unpaired) electrons. The molecule has 0 aliphatic carbocycles. The van der Waals surface area contributed by atoms with Crippen molar-refractivity contribution >= 4 is 11.5 Å². The summed E-state index contributed by atoms with van der Waals surface area (Å²) in [6, 6.07) is 2.09. The van der Waals surface area contributed by atoms with Gasteiger partial charge < -0.3 is 10.1 Å². The first-order valence-electron chi connectivity index (χ1n) is 5.79. The lowest BCUT2D eigenvalue weighted by Gasteiger charge is -2.06. The number of rotatable bonds is 4. The molecule has 0 aromatic carbocycles. The van der Waals surface area contributed by atoms with Crippen LogP contribution in [-0.4, -0.2) is 26.9 Å². The SMILES string of the molecule is COc1cc(Nc2cnn(C(C)C)c2)nc(C)n1. The van der Waals surface area contributed by atoms with E-state index in [0.717, 1.165) is 5.69 Å². The number of aryl methyl sites for hydroxylation is 1. The molecule has 0 spiro atoms. The summed E-state index contributed by atoms with van der Waals surface area (Å²) >= 11 is 0. The number of nitrogens with zero attached hydrogens (tertiary/aromatic N) is 4. The normalized spacial score (nSPS) is 10.7. The Labute approximate surface area is 106 Å². The van der Waals surface area contributed by atoms with Crippen molar-refractivity contribution in [1.29, 1.82) is 0 Å². The van der Waals surface area contributed by atoms with Crippen molar-refractivity contribution in [1.82, 2.24) is 19.7 Å². The van der Waals surface area contributed by atoms with Gasteiger partial charge in [0.25, 0.3) is 0 Å². The Morgan fingerprint density at radius 3 is 2.72 bits per heavy atom. The van der Waals surface area contributed by atoms with Gasteiger partial charge in [0.1, 0.15) is 11.6 Å². The van der Waals surface area contributed by atoms with Gasteiger partial charge in [0.2, 0.25) is 5.88 Å². The van der Waals surface area contributed by atoms with Crippen LogP contribution in [-0.2, 0) is 0 Å². The number of anilines is 2. The van der Waals surface area contributed by atoms with Crippen LogP contribution in [0.5, 0.6) is 5.88 Å². The Kier molecular flexibility index (Phi) is 3.45. The van der Waals surface area contributed by atoms with E-state index in [9.17, 15) is 0 Å². The van der Waals surface area contributed by atoms with Gasteiger partial charge in [-0.1, -0.05) is 0 Å². The molecule has 6 nitrogen and oxygen atoms in total. The van der Waals surface area contributed by atoms with Gasteiger partial charge in [-0.2, -0.15) is 10.1 Å². The third kappa shape index (κ3) is 2.77. The Bertz CT molecular complexity index is 535. The van der Waals surface area contributed by atoms with Crippen LogP contribution in [0.4, 0.5) is 11.5 Å². The van der Waals surface area contributed by atoms with Crippen molar-refractivity contribution in [2.45, 2.75) is 26.8 Å². The molecule has 6 heteroatoms. The molecule has 0 saturated carbocycles. The Hall–Kier alpha value is -2.11. The quantitative estimate of drug-likeness (QED) is 0.898. The summed E-state index contributed by atoms with van der Waals surface area (Å²) in [6.45, 7) is 5.98. The van der Waals surface area contributed by atoms with Crippen molar-refractivity contribution in [2.75, 3.05) is 12.4 Å². The van der Waals surface area contributed by atoms with Gasteiger partial charge in [-0.3, -0.25) is 4.68 Å². The highest BCUT2D eigenvalue weighted by Gasteiger charge is 2.05. The van der Waals surface area contributed by atoms with Crippen LogP contribution in [0.1, 0.15) is 25.7 Å². The lowest BCUT2D eigenvalue weighted by atomic mass is 10.4. The number of hydrogen-bond acceptors (Lipinski definition) is 5. The summed E-state index contributed by atoms with van der Waals surface area (Å²) in [5.74, 6) is 1.90. The molecule has 18 heavy (non-hydrogen) atoms. The largest absolute Gasteiger partial charge is 0.481 e. The Morgan fingerprint density at radius 2 is 2.11 bits per heavy atom. The zero-order valence-corrected chi connectivity index (χ0v) is 11.0. The third-order valence-corrected chi connectivity index (χ3v) is 2.43. The maximum atomic E-state index is 5.10. The fraction of sp³-hybridized carbons (Fsp3) is 0.417. The molecule has 2 aromatic rings. The van der Waals surface area contributed by atoms with Crippen LogP contribution >= 0.6 is 0 Å². The van der Waals surface area contributed by atoms with Gasteiger partial charge in [0, 0.05) is 18.3 Å². The maximum Gasteiger partial charge on any atom is 0.218 e.